The van der Waals surface area contributed by atoms with Gasteiger partial charge in [-0.1, -0.05) is 0 Å². The molecule has 22 heavy (non-hydrogen) atoms. The van der Waals surface area contributed by atoms with Gasteiger partial charge in [0.05, 0.1) is 12.3 Å². The van der Waals surface area contributed by atoms with Crippen molar-refractivity contribution < 1.29 is 15.3 Å². The van der Waals surface area contributed by atoms with Gasteiger partial charge in [-0.15, -0.1) is 0 Å². The van der Waals surface area contributed by atoms with Crippen LogP contribution in [0.5, 0.6) is 5.75 Å². The maximum Gasteiger partial charge on any atom is 0.223 e. The van der Waals surface area contributed by atoms with E-state index < -0.39 is 5.43 Å². The van der Waals surface area contributed by atoms with E-state index in [-0.39, 0.29) is 19.0 Å². The Morgan fingerprint density at radius 2 is 1.86 bits per heavy atom. The van der Waals surface area contributed by atoms with Crippen molar-refractivity contribution in [3.8, 4) is 5.75 Å². The fraction of sp³-hybridized carbons (Fsp3) is 0.667. The number of aliphatic hydroxyl groups is 2. The molecule has 1 aromatic heterocycles. The molecule has 0 spiro atoms. The van der Waals surface area contributed by atoms with Gasteiger partial charge in [0.1, 0.15) is 0 Å². The molecule has 2 heterocycles. The van der Waals surface area contributed by atoms with Gasteiger partial charge in [0.2, 0.25) is 5.43 Å². The number of hydrogen-bond acceptors (Lipinski definition) is 6. The zero-order chi connectivity index (χ0) is 16.1. The van der Waals surface area contributed by atoms with E-state index in [2.05, 4.69) is 16.8 Å². The lowest BCUT2D eigenvalue weighted by atomic mass is 10.2. The van der Waals surface area contributed by atoms with Gasteiger partial charge < -0.3 is 24.8 Å². The van der Waals surface area contributed by atoms with Crippen LogP contribution in [0.1, 0.15) is 17.8 Å². The summed E-state index contributed by atoms with van der Waals surface area (Å²) >= 11 is 0. The van der Waals surface area contributed by atoms with Gasteiger partial charge in [-0.3, -0.25) is 9.69 Å². The van der Waals surface area contributed by atoms with E-state index in [4.69, 9.17) is 5.11 Å². The highest BCUT2D eigenvalue weighted by molar-refractivity contribution is 5.30. The Kier molecular flexibility index (Phi) is 5.96. The largest absolute Gasteiger partial charge is 0.503 e. The van der Waals surface area contributed by atoms with Crippen molar-refractivity contribution in [1.29, 1.82) is 0 Å². The van der Waals surface area contributed by atoms with Crippen molar-refractivity contribution in [2.75, 3.05) is 39.8 Å². The minimum Gasteiger partial charge on any atom is -0.503 e. The fourth-order valence-corrected chi connectivity index (χ4v) is 2.76. The van der Waals surface area contributed by atoms with Gasteiger partial charge in [0.15, 0.2) is 5.75 Å². The van der Waals surface area contributed by atoms with Crippen LogP contribution < -0.4 is 5.43 Å². The maximum absolute atomic E-state index is 11.9. The number of hydrogen-bond donors (Lipinski definition) is 3. The first-order chi connectivity index (χ1) is 10.6. The standard InChI is InChI=1S/C15H25N3O4/c1-16-4-6-17(7-5-16)10-13-15(22)14(21)9-12(11-20)18(13)3-2-8-19/h9,19-20,22H,2-8,10-11H2,1H3. The molecule has 3 N–H and O–H groups in total. The average molecular weight is 311 g/mol. The van der Waals surface area contributed by atoms with Gasteiger partial charge >= 0.3 is 0 Å². The van der Waals surface area contributed by atoms with Crippen LogP contribution in [-0.4, -0.2) is 69.5 Å². The third-order valence-corrected chi connectivity index (χ3v) is 4.15. The maximum atomic E-state index is 11.9. The molecule has 1 aliphatic heterocycles. The fourth-order valence-electron chi connectivity index (χ4n) is 2.76. The van der Waals surface area contributed by atoms with E-state index in [1.54, 1.807) is 4.57 Å². The summed E-state index contributed by atoms with van der Waals surface area (Å²) in [5.41, 5.74) is 0.531. The number of rotatable bonds is 6. The number of piperazine rings is 1. The minimum absolute atomic E-state index is 0.0195. The van der Waals surface area contributed by atoms with Crippen LogP contribution in [0.3, 0.4) is 0 Å². The number of nitrogens with zero attached hydrogens (tertiary/aromatic N) is 3. The molecule has 7 heteroatoms. The summed E-state index contributed by atoms with van der Waals surface area (Å²) in [6.07, 6.45) is 0.505. The third-order valence-electron chi connectivity index (χ3n) is 4.15. The van der Waals surface area contributed by atoms with Gasteiger partial charge in [-0.2, -0.15) is 0 Å². The van der Waals surface area contributed by atoms with Crippen LogP contribution in [0.2, 0.25) is 0 Å². The molecule has 0 amide bonds. The van der Waals surface area contributed by atoms with Crippen LogP contribution in [0, 0.1) is 0 Å². The molecule has 1 fully saturated rings. The SMILES string of the molecule is CN1CCN(Cc2c(O)c(=O)cc(CO)n2CCCO)CC1. The van der Waals surface area contributed by atoms with Crippen molar-refractivity contribution in [3.05, 3.63) is 27.7 Å². The molecule has 1 saturated heterocycles. The summed E-state index contributed by atoms with van der Waals surface area (Å²) < 4.78 is 1.76. The van der Waals surface area contributed by atoms with Crippen molar-refractivity contribution in [2.45, 2.75) is 26.1 Å². The highest BCUT2D eigenvalue weighted by Gasteiger charge is 2.20. The molecule has 0 bridgehead atoms. The summed E-state index contributed by atoms with van der Waals surface area (Å²) in [6.45, 7) is 4.31. The lowest BCUT2D eigenvalue weighted by molar-refractivity contribution is 0.143. The van der Waals surface area contributed by atoms with E-state index in [9.17, 15) is 15.0 Å². The summed E-state index contributed by atoms with van der Waals surface area (Å²) in [5, 5.41) is 28.7. The molecule has 0 aromatic carbocycles. The molecule has 1 aromatic rings. The van der Waals surface area contributed by atoms with Gasteiger partial charge in [0.25, 0.3) is 0 Å². The Balaban J connectivity index is 2.30. The Morgan fingerprint density at radius 1 is 1.18 bits per heavy atom. The molecule has 124 valence electrons. The second kappa shape index (κ2) is 7.73. The summed E-state index contributed by atoms with van der Waals surface area (Å²) in [4.78, 5) is 16.3. The molecular weight excluding hydrogens is 286 g/mol. The predicted octanol–water partition coefficient (Wildman–Crippen LogP) is -0.824. The van der Waals surface area contributed by atoms with Crippen molar-refractivity contribution in [2.24, 2.45) is 0 Å². The molecule has 0 aliphatic carbocycles. The Morgan fingerprint density at radius 3 is 2.45 bits per heavy atom. The van der Waals surface area contributed by atoms with Crippen molar-refractivity contribution >= 4 is 0 Å². The molecule has 7 nitrogen and oxygen atoms in total. The van der Waals surface area contributed by atoms with Crippen molar-refractivity contribution in [3.63, 3.8) is 0 Å². The number of likely N-dealkylation sites (N-methyl/N-ethyl adjacent to an activating group) is 1. The van der Waals surface area contributed by atoms with Crippen molar-refractivity contribution in [1.82, 2.24) is 14.4 Å². The number of aromatic hydroxyl groups is 1. The first-order valence-electron chi connectivity index (χ1n) is 7.64. The molecule has 0 atom stereocenters. The van der Waals surface area contributed by atoms with Gasteiger partial charge in [-0.05, 0) is 13.5 Å². The normalized spacial score (nSPS) is 17.0. The molecule has 0 unspecified atom stereocenters. The van der Waals surface area contributed by atoms with Crippen LogP contribution >= 0.6 is 0 Å². The second-order valence-corrected chi connectivity index (χ2v) is 5.76. The minimum atomic E-state index is -0.464. The number of pyridine rings is 1. The lowest BCUT2D eigenvalue weighted by Gasteiger charge is -2.33. The average Bonchev–Trinajstić information content (AvgIpc) is 2.52. The highest BCUT2D eigenvalue weighted by Crippen LogP contribution is 2.18. The first-order valence-corrected chi connectivity index (χ1v) is 7.64. The number of aromatic nitrogens is 1. The van der Waals surface area contributed by atoms with Crippen LogP contribution in [0.4, 0.5) is 0 Å². The molecule has 0 radical (unpaired) electrons. The summed E-state index contributed by atoms with van der Waals surface area (Å²) in [7, 11) is 2.07. The molecule has 2 rings (SSSR count). The highest BCUT2D eigenvalue weighted by atomic mass is 16.3. The molecule has 0 saturated carbocycles. The van der Waals surface area contributed by atoms with E-state index in [0.29, 0.717) is 30.9 Å². The molecular formula is C15H25N3O4. The summed E-state index contributed by atoms with van der Waals surface area (Å²) in [5.74, 6) is -0.255. The quantitative estimate of drug-likeness (QED) is 0.636. The zero-order valence-electron chi connectivity index (χ0n) is 13.0. The topological polar surface area (TPSA) is 89.2 Å². The lowest BCUT2D eigenvalue weighted by Crippen LogP contribution is -2.44. The van der Waals surface area contributed by atoms with E-state index in [0.717, 1.165) is 26.2 Å². The van der Waals surface area contributed by atoms with Gasteiger partial charge in [0, 0.05) is 57.6 Å². The first kappa shape index (κ1) is 17.0. The Bertz CT molecular complexity index is 550. The van der Waals surface area contributed by atoms with E-state index >= 15 is 0 Å². The molecule has 1 aliphatic rings. The monoisotopic (exact) mass is 311 g/mol. The predicted molar refractivity (Wildman–Crippen MR) is 82.8 cm³/mol. The smallest absolute Gasteiger partial charge is 0.223 e. The third kappa shape index (κ3) is 3.86. The zero-order valence-corrected chi connectivity index (χ0v) is 13.0. The Labute approximate surface area is 130 Å². The van der Waals surface area contributed by atoms with Gasteiger partial charge in [-0.25, -0.2) is 0 Å². The van der Waals surface area contributed by atoms with Crippen LogP contribution in [-0.2, 0) is 19.7 Å². The van der Waals surface area contributed by atoms with E-state index in [1.165, 1.54) is 6.07 Å². The van der Waals surface area contributed by atoms with Crippen LogP contribution in [0.25, 0.3) is 0 Å². The summed E-state index contributed by atoms with van der Waals surface area (Å²) in [6, 6.07) is 1.26. The Hall–Kier alpha value is -1.41. The second-order valence-electron chi connectivity index (χ2n) is 5.76. The van der Waals surface area contributed by atoms with Crippen LogP contribution in [0.15, 0.2) is 10.9 Å². The number of aliphatic hydroxyl groups excluding tert-OH is 2. The van der Waals surface area contributed by atoms with E-state index in [1.807, 2.05) is 0 Å².